The number of aromatic hydroxyl groups is 1. The maximum atomic E-state index is 11.3. The molecule has 0 bridgehead atoms. The smallest absolute Gasteiger partial charge is 0.311 e. The number of nitriles is 1. The second-order valence-corrected chi connectivity index (χ2v) is 2.87. The van der Waals surface area contributed by atoms with E-state index in [1.807, 2.05) is 6.92 Å². The molecule has 1 rings (SSSR count). The topological polar surface area (TPSA) is 88.1 Å². The SMILES string of the molecule is CCCOCn1nc(C#N)cc(O)c1=O. The molecule has 1 heterocycles. The van der Waals surface area contributed by atoms with Gasteiger partial charge in [-0.05, 0) is 6.42 Å². The first-order valence-corrected chi connectivity index (χ1v) is 4.48. The lowest BCUT2D eigenvalue weighted by atomic mass is 10.4. The van der Waals surface area contributed by atoms with E-state index in [0.717, 1.165) is 17.2 Å². The van der Waals surface area contributed by atoms with Crippen molar-refractivity contribution in [2.75, 3.05) is 6.61 Å². The third-order valence-electron chi connectivity index (χ3n) is 1.63. The van der Waals surface area contributed by atoms with Crippen LogP contribution in [0.25, 0.3) is 0 Å². The van der Waals surface area contributed by atoms with Crippen molar-refractivity contribution < 1.29 is 9.84 Å². The van der Waals surface area contributed by atoms with Crippen LogP contribution in [0.2, 0.25) is 0 Å². The van der Waals surface area contributed by atoms with Crippen molar-refractivity contribution >= 4 is 0 Å². The summed E-state index contributed by atoms with van der Waals surface area (Å²) in [6.45, 7) is 2.36. The highest BCUT2D eigenvalue weighted by molar-refractivity contribution is 5.26. The van der Waals surface area contributed by atoms with Gasteiger partial charge in [-0.2, -0.15) is 15.0 Å². The molecule has 0 spiro atoms. The maximum absolute atomic E-state index is 11.3. The Hall–Kier alpha value is -1.87. The molecule has 1 aromatic rings. The predicted octanol–water partition coefficient (Wildman–Crippen LogP) is 0.205. The van der Waals surface area contributed by atoms with Gasteiger partial charge in [0.15, 0.2) is 11.4 Å². The summed E-state index contributed by atoms with van der Waals surface area (Å²) in [5, 5.41) is 21.4. The Morgan fingerprint density at radius 2 is 2.47 bits per heavy atom. The first-order valence-electron chi connectivity index (χ1n) is 4.48. The number of aromatic nitrogens is 2. The fourth-order valence-electron chi connectivity index (χ4n) is 0.965. The summed E-state index contributed by atoms with van der Waals surface area (Å²) in [5.74, 6) is -0.498. The van der Waals surface area contributed by atoms with Crippen LogP contribution >= 0.6 is 0 Å². The van der Waals surface area contributed by atoms with Gasteiger partial charge in [-0.1, -0.05) is 6.92 Å². The molecule has 6 nitrogen and oxygen atoms in total. The van der Waals surface area contributed by atoms with Crippen molar-refractivity contribution in [2.24, 2.45) is 0 Å². The van der Waals surface area contributed by atoms with Crippen LogP contribution < -0.4 is 5.56 Å². The monoisotopic (exact) mass is 209 g/mol. The Bertz CT molecular complexity index is 433. The van der Waals surface area contributed by atoms with E-state index >= 15 is 0 Å². The molecule has 0 amide bonds. The van der Waals surface area contributed by atoms with Crippen LogP contribution in [-0.4, -0.2) is 21.5 Å². The Kier molecular flexibility index (Phi) is 3.83. The van der Waals surface area contributed by atoms with E-state index in [-0.39, 0.29) is 12.4 Å². The zero-order valence-electron chi connectivity index (χ0n) is 8.30. The minimum atomic E-state index is -0.662. The summed E-state index contributed by atoms with van der Waals surface area (Å²) < 4.78 is 6.00. The number of ether oxygens (including phenoxy) is 1. The van der Waals surface area contributed by atoms with Crippen molar-refractivity contribution in [2.45, 2.75) is 20.1 Å². The van der Waals surface area contributed by atoms with E-state index in [9.17, 15) is 9.90 Å². The molecular formula is C9H11N3O3. The van der Waals surface area contributed by atoms with Gasteiger partial charge >= 0.3 is 5.56 Å². The van der Waals surface area contributed by atoms with E-state index in [1.54, 1.807) is 6.07 Å². The highest BCUT2D eigenvalue weighted by atomic mass is 16.5. The lowest BCUT2D eigenvalue weighted by Crippen LogP contribution is -2.24. The van der Waals surface area contributed by atoms with E-state index in [2.05, 4.69) is 5.10 Å². The third-order valence-corrected chi connectivity index (χ3v) is 1.63. The van der Waals surface area contributed by atoms with Crippen LogP contribution in [-0.2, 0) is 11.5 Å². The second kappa shape index (κ2) is 5.12. The molecule has 6 heteroatoms. The summed E-state index contributed by atoms with van der Waals surface area (Å²) in [4.78, 5) is 11.3. The van der Waals surface area contributed by atoms with Gasteiger partial charge in [-0.25, -0.2) is 0 Å². The molecule has 1 N–H and O–H groups in total. The van der Waals surface area contributed by atoms with Crippen LogP contribution in [0.5, 0.6) is 5.75 Å². The lowest BCUT2D eigenvalue weighted by Gasteiger charge is -2.05. The number of hydrogen-bond acceptors (Lipinski definition) is 5. The first-order chi connectivity index (χ1) is 7.19. The first kappa shape index (κ1) is 11.2. The van der Waals surface area contributed by atoms with Crippen LogP contribution in [0.1, 0.15) is 19.0 Å². The average Bonchev–Trinajstić information content (AvgIpc) is 2.24. The second-order valence-electron chi connectivity index (χ2n) is 2.87. The molecule has 0 radical (unpaired) electrons. The van der Waals surface area contributed by atoms with Crippen molar-refractivity contribution in [1.82, 2.24) is 9.78 Å². The molecule has 0 aliphatic heterocycles. The summed E-state index contributed by atoms with van der Waals surface area (Å²) in [5.41, 5.74) is -0.683. The van der Waals surface area contributed by atoms with E-state index in [0.29, 0.717) is 6.61 Å². The van der Waals surface area contributed by atoms with Gasteiger partial charge in [0.05, 0.1) is 0 Å². The molecule has 0 fully saturated rings. The Labute approximate surface area is 86.3 Å². The fraction of sp³-hybridized carbons (Fsp3) is 0.444. The van der Waals surface area contributed by atoms with Gasteiger partial charge in [0.1, 0.15) is 12.8 Å². The molecule has 0 aliphatic rings. The molecular weight excluding hydrogens is 198 g/mol. The minimum Gasteiger partial charge on any atom is -0.503 e. The molecule has 0 unspecified atom stereocenters. The average molecular weight is 209 g/mol. The molecule has 0 aliphatic carbocycles. The van der Waals surface area contributed by atoms with Gasteiger partial charge in [-0.15, -0.1) is 0 Å². The van der Waals surface area contributed by atoms with Crippen molar-refractivity contribution in [3.05, 3.63) is 22.1 Å². The Morgan fingerprint density at radius 1 is 1.73 bits per heavy atom. The van der Waals surface area contributed by atoms with Gasteiger partial charge < -0.3 is 9.84 Å². The summed E-state index contributed by atoms with van der Waals surface area (Å²) in [6.07, 6.45) is 0.818. The van der Waals surface area contributed by atoms with E-state index < -0.39 is 11.3 Å². The fourth-order valence-corrected chi connectivity index (χ4v) is 0.965. The van der Waals surface area contributed by atoms with Gasteiger partial charge in [-0.3, -0.25) is 4.79 Å². The summed E-state index contributed by atoms with van der Waals surface area (Å²) >= 11 is 0. The van der Waals surface area contributed by atoms with Crippen LogP contribution in [0.3, 0.4) is 0 Å². The normalized spacial score (nSPS) is 9.87. The standard InChI is InChI=1S/C9H11N3O3/c1-2-3-15-6-12-9(14)8(13)4-7(5-10)11-12/h4,13H,2-3,6H2,1H3. The van der Waals surface area contributed by atoms with Crippen LogP contribution in [0.4, 0.5) is 0 Å². The maximum Gasteiger partial charge on any atom is 0.311 e. The highest BCUT2D eigenvalue weighted by Crippen LogP contribution is 2.01. The molecule has 80 valence electrons. The van der Waals surface area contributed by atoms with Crippen molar-refractivity contribution in [3.63, 3.8) is 0 Å². The molecule has 15 heavy (non-hydrogen) atoms. The largest absolute Gasteiger partial charge is 0.503 e. The van der Waals surface area contributed by atoms with Crippen molar-refractivity contribution in [3.8, 4) is 11.8 Å². The van der Waals surface area contributed by atoms with E-state index in [4.69, 9.17) is 10.00 Å². The van der Waals surface area contributed by atoms with Crippen molar-refractivity contribution in [1.29, 1.82) is 5.26 Å². The molecule has 0 saturated heterocycles. The van der Waals surface area contributed by atoms with Gasteiger partial charge in [0.25, 0.3) is 0 Å². The Balaban J connectivity index is 2.92. The van der Waals surface area contributed by atoms with Crippen LogP contribution in [0.15, 0.2) is 10.9 Å². The zero-order valence-corrected chi connectivity index (χ0v) is 8.30. The highest BCUT2D eigenvalue weighted by Gasteiger charge is 2.06. The zero-order chi connectivity index (χ0) is 11.3. The van der Waals surface area contributed by atoms with Gasteiger partial charge in [0, 0.05) is 12.7 Å². The van der Waals surface area contributed by atoms with E-state index in [1.165, 1.54) is 0 Å². The molecule has 0 atom stereocenters. The Morgan fingerprint density at radius 3 is 3.07 bits per heavy atom. The minimum absolute atomic E-state index is 0.0211. The van der Waals surface area contributed by atoms with Crippen LogP contribution in [0, 0.1) is 11.3 Å². The molecule has 0 saturated carbocycles. The third kappa shape index (κ3) is 2.79. The molecule has 1 aromatic heterocycles. The summed E-state index contributed by atoms with van der Waals surface area (Å²) in [7, 11) is 0. The number of hydrogen-bond donors (Lipinski definition) is 1. The quantitative estimate of drug-likeness (QED) is 0.716. The van der Waals surface area contributed by atoms with Gasteiger partial charge in [0.2, 0.25) is 0 Å². The molecule has 0 aromatic carbocycles. The number of nitrogens with zero attached hydrogens (tertiary/aromatic N) is 3. The summed E-state index contributed by atoms with van der Waals surface area (Å²) in [6, 6.07) is 2.77. The predicted molar refractivity (Wildman–Crippen MR) is 51.1 cm³/mol. The number of rotatable bonds is 4. The lowest BCUT2D eigenvalue weighted by molar-refractivity contribution is 0.0651.